The monoisotopic (exact) mass is 493 g/mol. The molecule has 1 heterocycles. The average Bonchev–Trinajstić information content (AvgIpc) is 2.59. The van der Waals surface area contributed by atoms with Crippen LogP contribution in [0.2, 0.25) is 0 Å². The molecule has 0 atom stereocenters. The number of aromatic nitrogens is 1. The number of hydrogen-bond donors (Lipinski definition) is 0. The van der Waals surface area contributed by atoms with E-state index in [0.717, 1.165) is 0 Å². The van der Waals surface area contributed by atoms with E-state index in [9.17, 15) is 71.9 Å². The summed E-state index contributed by atoms with van der Waals surface area (Å²) >= 11 is 0. The highest BCUT2D eigenvalue weighted by molar-refractivity contribution is 6.19. The first-order valence-corrected chi connectivity index (χ1v) is 7.12. The van der Waals surface area contributed by atoms with Crippen LogP contribution >= 0.6 is 0 Å². The summed E-state index contributed by atoms with van der Waals surface area (Å²) in [5.74, 6) is -18.5. The van der Waals surface area contributed by atoms with E-state index < -0.39 is 69.8 Å². The van der Waals surface area contributed by atoms with Gasteiger partial charge in [0.2, 0.25) is 0 Å². The third kappa shape index (κ3) is 5.84. The van der Waals surface area contributed by atoms with Gasteiger partial charge in [-0.05, 0) is 12.1 Å². The molecule has 4 amide bonds. The minimum Gasteiger partial charge on any atom is -0.263 e. The van der Waals surface area contributed by atoms with Crippen molar-refractivity contribution in [2.75, 3.05) is 9.80 Å². The Bertz CT molecular complexity index is 809. The third-order valence-electron chi connectivity index (χ3n) is 2.96. The fourth-order valence-corrected chi connectivity index (χ4v) is 1.77. The third-order valence-corrected chi connectivity index (χ3v) is 2.96. The number of imide groups is 2. The molecule has 32 heavy (non-hydrogen) atoms. The second-order valence-corrected chi connectivity index (χ2v) is 5.24. The molecule has 0 spiro atoms. The van der Waals surface area contributed by atoms with E-state index in [1.54, 1.807) is 0 Å². The van der Waals surface area contributed by atoms with E-state index in [2.05, 4.69) is 4.98 Å². The predicted molar refractivity (Wildman–Crippen MR) is 73.4 cm³/mol. The SMILES string of the molecule is O=C(N(C(=O)C(F)(F)F)c1cccc(N(C(=O)C(F)(F)F)C(=O)C(F)(F)F)n1)C(F)(F)F. The van der Waals surface area contributed by atoms with Gasteiger partial charge in [-0.25, -0.2) is 14.8 Å². The lowest BCUT2D eigenvalue weighted by Gasteiger charge is -2.25. The number of alkyl halides is 12. The zero-order valence-electron chi connectivity index (χ0n) is 14.2. The largest absolute Gasteiger partial charge is 0.472 e. The number of carbonyl (C=O) groups excluding carboxylic acids is 4. The molecule has 0 N–H and O–H groups in total. The second kappa shape index (κ2) is 8.26. The van der Waals surface area contributed by atoms with Crippen LogP contribution in [0, 0.1) is 0 Å². The van der Waals surface area contributed by atoms with Gasteiger partial charge >= 0.3 is 48.3 Å². The first-order chi connectivity index (χ1) is 14.1. The molecule has 1 aromatic rings. The lowest BCUT2D eigenvalue weighted by molar-refractivity contribution is -0.182. The molecule has 0 saturated carbocycles. The topological polar surface area (TPSA) is 87.7 Å². The maximum absolute atomic E-state index is 12.6. The van der Waals surface area contributed by atoms with E-state index >= 15 is 0 Å². The fraction of sp³-hybridized carbons (Fsp3) is 0.308. The van der Waals surface area contributed by atoms with E-state index in [1.807, 2.05) is 0 Å². The Kier molecular flexibility index (Phi) is 6.87. The number of rotatable bonds is 2. The van der Waals surface area contributed by atoms with Crippen LogP contribution in [0.4, 0.5) is 64.3 Å². The number of nitrogens with zero attached hydrogens (tertiary/aromatic N) is 3. The van der Waals surface area contributed by atoms with Crippen molar-refractivity contribution < 1.29 is 71.9 Å². The summed E-state index contributed by atoms with van der Waals surface area (Å²) in [6.07, 6.45) is -24.8. The Morgan fingerprint density at radius 2 is 0.750 bits per heavy atom. The van der Waals surface area contributed by atoms with Gasteiger partial charge in [0.1, 0.15) is 11.6 Å². The molecule has 0 aliphatic heterocycles. The van der Waals surface area contributed by atoms with Crippen molar-refractivity contribution in [2.24, 2.45) is 0 Å². The number of hydrogen-bond acceptors (Lipinski definition) is 5. The van der Waals surface area contributed by atoms with Crippen molar-refractivity contribution in [3.05, 3.63) is 18.2 Å². The molecule has 0 aromatic carbocycles. The highest BCUT2D eigenvalue weighted by Gasteiger charge is 2.55. The lowest BCUT2D eigenvalue weighted by atomic mass is 10.3. The fourth-order valence-electron chi connectivity index (χ4n) is 1.77. The van der Waals surface area contributed by atoms with Crippen LogP contribution < -0.4 is 9.80 Å². The van der Waals surface area contributed by atoms with Crippen LogP contribution in [0.15, 0.2) is 18.2 Å². The molecular weight excluding hydrogens is 490 g/mol. The number of anilines is 2. The highest BCUT2D eigenvalue weighted by Crippen LogP contribution is 2.32. The molecule has 19 heteroatoms. The number of pyridine rings is 1. The zero-order valence-corrected chi connectivity index (χ0v) is 14.2. The maximum Gasteiger partial charge on any atom is 0.472 e. The van der Waals surface area contributed by atoms with E-state index in [4.69, 9.17) is 0 Å². The van der Waals surface area contributed by atoms with Crippen LogP contribution in [0.25, 0.3) is 0 Å². The van der Waals surface area contributed by atoms with Crippen LogP contribution in [0.3, 0.4) is 0 Å². The molecule has 0 aliphatic carbocycles. The Labute approximate surface area is 166 Å². The molecule has 0 aliphatic rings. The maximum atomic E-state index is 12.6. The second-order valence-electron chi connectivity index (χ2n) is 5.24. The summed E-state index contributed by atoms with van der Waals surface area (Å²) in [4.78, 5) is 44.0. The molecule has 7 nitrogen and oxygen atoms in total. The van der Waals surface area contributed by atoms with Gasteiger partial charge in [0, 0.05) is 0 Å². The van der Waals surface area contributed by atoms with Crippen molar-refractivity contribution in [3.63, 3.8) is 0 Å². The zero-order chi connectivity index (χ0) is 25.4. The molecule has 1 rings (SSSR count). The summed E-state index contributed by atoms with van der Waals surface area (Å²) in [6, 6.07) is 0.0778. The first-order valence-electron chi connectivity index (χ1n) is 7.12. The van der Waals surface area contributed by atoms with E-state index in [0.29, 0.717) is 0 Å². The molecule has 1 aromatic heterocycles. The van der Waals surface area contributed by atoms with Gasteiger partial charge in [-0.3, -0.25) is 19.2 Å². The lowest BCUT2D eigenvalue weighted by Crippen LogP contribution is -2.52. The van der Waals surface area contributed by atoms with Crippen molar-refractivity contribution in [2.45, 2.75) is 24.7 Å². The Morgan fingerprint density at radius 1 is 0.531 bits per heavy atom. The van der Waals surface area contributed by atoms with Gasteiger partial charge in [0.25, 0.3) is 0 Å². The molecule has 178 valence electrons. The van der Waals surface area contributed by atoms with Gasteiger partial charge in [-0.15, -0.1) is 0 Å². The Morgan fingerprint density at radius 3 is 0.938 bits per heavy atom. The van der Waals surface area contributed by atoms with E-state index in [1.165, 1.54) is 0 Å². The quantitative estimate of drug-likeness (QED) is 0.592. The minimum absolute atomic E-state index is 0.0227. The Balaban J connectivity index is 3.77. The molecule has 0 radical (unpaired) electrons. The highest BCUT2D eigenvalue weighted by atomic mass is 19.4. The molecule has 0 unspecified atom stereocenters. The number of amides is 4. The summed E-state index contributed by atoms with van der Waals surface area (Å²) in [7, 11) is 0. The normalized spacial score (nSPS) is 12.9. The molecular formula is C13H3F12N3O4. The minimum atomic E-state index is -6.21. The number of carbonyl (C=O) groups is 4. The van der Waals surface area contributed by atoms with Crippen molar-refractivity contribution >= 4 is 35.3 Å². The van der Waals surface area contributed by atoms with Crippen molar-refractivity contribution in [1.82, 2.24) is 4.98 Å². The molecule has 0 saturated heterocycles. The van der Waals surface area contributed by atoms with Gasteiger partial charge < -0.3 is 0 Å². The van der Waals surface area contributed by atoms with Crippen LogP contribution in [-0.4, -0.2) is 53.3 Å². The van der Waals surface area contributed by atoms with Crippen molar-refractivity contribution in [1.29, 1.82) is 0 Å². The van der Waals surface area contributed by atoms with Gasteiger partial charge in [-0.2, -0.15) is 52.7 Å². The average molecular weight is 493 g/mol. The predicted octanol–water partition coefficient (Wildman–Crippen LogP) is 3.05. The summed E-state index contributed by atoms with van der Waals surface area (Å²) in [5, 5.41) is 0. The smallest absolute Gasteiger partial charge is 0.263 e. The Hall–Kier alpha value is -3.41. The number of halogens is 12. The van der Waals surface area contributed by atoms with Crippen molar-refractivity contribution in [3.8, 4) is 0 Å². The van der Waals surface area contributed by atoms with Gasteiger partial charge in [0.15, 0.2) is 0 Å². The standard InChI is InChI=1S/C13H3F12N3O4/c14-10(15,16)6(29)27(7(30)11(17,18)19)4-2-1-3-5(26-4)28(8(31)12(20,21)22)9(32)13(23,24)25/h1-3H. The summed E-state index contributed by atoms with van der Waals surface area (Å²) < 4.78 is 151. The van der Waals surface area contributed by atoms with Gasteiger partial charge in [-0.1, -0.05) is 6.07 Å². The van der Waals surface area contributed by atoms with Crippen LogP contribution in [0.1, 0.15) is 0 Å². The van der Waals surface area contributed by atoms with Gasteiger partial charge in [0.05, 0.1) is 0 Å². The van der Waals surface area contributed by atoms with Crippen LogP contribution in [0.5, 0.6) is 0 Å². The summed E-state index contributed by atoms with van der Waals surface area (Å²) in [6.45, 7) is 0. The molecule has 0 fully saturated rings. The van der Waals surface area contributed by atoms with E-state index in [-0.39, 0.29) is 18.2 Å². The first kappa shape index (κ1) is 26.6. The molecule has 0 bridgehead atoms. The van der Waals surface area contributed by atoms with Crippen LogP contribution in [-0.2, 0) is 19.2 Å². The summed E-state index contributed by atoms with van der Waals surface area (Å²) in [5.41, 5.74) is 0.